The van der Waals surface area contributed by atoms with Crippen LogP contribution in [0.1, 0.15) is 43.8 Å². The van der Waals surface area contributed by atoms with Gasteiger partial charge in [0.1, 0.15) is 11.5 Å². The molecule has 2 aromatic heterocycles. The Morgan fingerprint density at radius 2 is 2.06 bits per heavy atom. The summed E-state index contributed by atoms with van der Waals surface area (Å²) in [4.78, 5) is 9.35. The van der Waals surface area contributed by atoms with E-state index in [0.717, 1.165) is 30.1 Å². The van der Waals surface area contributed by atoms with Gasteiger partial charge in [-0.05, 0) is 32.4 Å². The van der Waals surface area contributed by atoms with Crippen LogP contribution in [0, 0.1) is 6.92 Å². The fourth-order valence-corrected chi connectivity index (χ4v) is 2.32. The van der Waals surface area contributed by atoms with E-state index in [0.29, 0.717) is 12.5 Å². The summed E-state index contributed by atoms with van der Waals surface area (Å²) >= 11 is 0. The second kappa shape index (κ2) is 5.06. The second-order valence-corrected chi connectivity index (χ2v) is 5.00. The maximum atomic E-state index is 5.68. The first kappa shape index (κ1) is 13.0. The molecule has 0 spiro atoms. The summed E-state index contributed by atoms with van der Waals surface area (Å²) in [6.07, 6.45) is 3.05. The number of hydrogen-bond donors (Lipinski definition) is 1. The van der Waals surface area contributed by atoms with E-state index in [1.54, 1.807) is 0 Å². The molecule has 2 aromatic rings. The van der Waals surface area contributed by atoms with Gasteiger partial charge < -0.3 is 10.3 Å². The van der Waals surface area contributed by atoms with Crippen LogP contribution in [0.4, 0.5) is 0 Å². The maximum absolute atomic E-state index is 5.68. The summed E-state index contributed by atoms with van der Waals surface area (Å²) in [5.74, 6) is 1.28. The van der Waals surface area contributed by atoms with Crippen LogP contribution in [0.15, 0.2) is 6.20 Å². The largest absolute Gasteiger partial charge is 0.332 e. The lowest BCUT2D eigenvalue weighted by molar-refractivity contribution is 0.747. The minimum atomic E-state index is 0.353. The summed E-state index contributed by atoms with van der Waals surface area (Å²) in [5.41, 5.74) is 9.07. The molecule has 0 radical (unpaired) electrons. The Morgan fingerprint density at radius 1 is 1.33 bits per heavy atom. The van der Waals surface area contributed by atoms with Crippen molar-refractivity contribution in [2.24, 2.45) is 5.73 Å². The Morgan fingerprint density at radius 3 is 2.61 bits per heavy atom. The Hall–Kier alpha value is -1.42. The van der Waals surface area contributed by atoms with Crippen molar-refractivity contribution in [3.8, 4) is 0 Å². The van der Waals surface area contributed by atoms with Gasteiger partial charge in [0, 0.05) is 24.0 Å². The van der Waals surface area contributed by atoms with Crippen molar-refractivity contribution in [2.45, 2.75) is 46.6 Å². The topological polar surface area (TPSA) is 56.7 Å². The molecule has 2 rings (SSSR count). The van der Waals surface area contributed by atoms with Gasteiger partial charge in [0.15, 0.2) is 0 Å². The van der Waals surface area contributed by atoms with E-state index in [1.165, 1.54) is 10.9 Å². The molecule has 0 amide bonds. The highest BCUT2D eigenvalue weighted by molar-refractivity contribution is 5.83. The van der Waals surface area contributed by atoms with Crippen LogP contribution >= 0.6 is 0 Å². The first-order chi connectivity index (χ1) is 8.58. The lowest BCUT2D eigenvalue weighted by Gasteiger charge is -2.08. The van der Waals surface area contributed by atoms with E-state index in [1.807, 2.05) is 0 Å². The quantitative estimate of drug-likeness (QED) is 0.901. The standard InChI is InChI=1S/C14H22N4/c1-5-18-8-11(6-7-15)12-10(4)16-13(9(2)3)17-14(12)18/h8-9H,5-7,15H2,1-4H3. The number of nitrogens with zero attached hydrogens (tertiary/aromatic N) is 3. The van der Waals surface area contributed by atoms with Crippen LogP contribution in [0.25, 0.3) is 11.0 Å². The average Bonchev–Trinajstić information content (AvgIpc) is 2.68. The third kappa shape index (κ3) is 2.12. The molecule has 0 unspecified atom stereocenters. The summed E-state index contributed by atoms with van der Waals surface area (Å²) < 4.78 is 2.20. The molecule has 2 N–H and O–H groups in total. The van der Waals surface area contributed by atoms with Gasteiger partial charge in [0.05, 0.1) is 5.69 Å². The fourth-order valence-electron chi connectivity index (χ4n) is 2.32. The van der Waals surface area contributed by atoms with Gasteiger partial charge in [0.25, 0.3) is 0 Å². The fraction of sp³-hybridized carbons (Fsp3) is 0.571. The van der Waals surface area contributed by atoms with Crippen LogP contribution in [-0.2, 0) is 13.0 Å². The Kier molecular flexibility index (Phi) is 3.66. The number of aryl methyl sites for hydroxylation is 2. The van der Waals surface area contributed by atoms with Crippen molar-refractivity contribution in [1.29, 1.82) is 0 Å². The summed E-state index contributed by atoms with van der Waals surface area (Å²) in [6.45, 7) is 10.0. The van der Waals surface area contributed by atoms with E-state index < -0.39 is 0 Å². The van der Waals surface area contributed by atoms with Crippen LogP contribution in [0.5, 0.6) is 0 Å². The monoisotopic (exact) mass is 246 g/mol. The molecule has 0 aliphatic heterocycles. The first-order valence-corrected chi connectivity index (χ1v) is 6.64. The molecule has 0 bridgehead atoms. The van der Waals surface area contributed by atoms with Crippen LogP contribution in [0.3, 0.4) is 0 Å². The zero-order valence-corrected chi connectivity index (χ0v) is 11.7. The normalized spacial score (nSPS) is 11.7. The van der Waals surface area contributed by atoms with Gasteiger partial charge in [-0.15, -0.1) is 0 Å². The molecular formula is C14H22N4. The Labute approximate surface area is 108 Å². The Bertz CT molecular complexity index is 554. The van der Waals surface area contributed by atoms with E-state index >= 15 is 0 Å². The van der Waals surface area contributed by atoms with E-state index in [9.17, 15) is 0 Å². The van der Waals surface area contributed by atoms with Gasteiger partial charge in [-0.3, -0.25) is 0 Å². The van der Waals surface area contributed by atoms with Crippen molar-refractivity contribution in [3.05, 3.63) is 23.3 Å². The van der Waals surface area contributed by atoms with E-state index in [-0.39, 0.29) is 0 Å². The molecule has 4 nitrogen and oxygen atoms in total. The lowest BCUT2D eigenvalue weighted by Crippen LogP contribution is -2.04. The molecule has 0 saturated carbocycles. The maximum Gasteiger partial charge on any atom is 0.144 e. The molecular weight excluding hydrogens is 224 g/mol. The minimum absolute atomic E-state index is 0.353. The van der Waals surface area contributed by atoms with Crippen molar-refractivity contribution >= 4 is 11.0 Å². The van der Waals surface area contributed by atoms with Gasteiger partial charge in [-0.25, -0.2) is 9.97 Å². The number of rotatable bonds is 4. The smallest absolute Gasteiger partial charge is 0.144 e. The predicted octanol–water partition coefficient (Wildman–Crippen LogP) is 2.38. The third-order valence-electron chi connectivity index (χ3n) is 3.26. The average molecular weight is 246 g/mol. The minimum Gasteiger partial charge on any atom is -0.332 e. The number of aromatic nitrogens is 3. The molecule has 0 aliphatic carbocycles. The summed E-state index contributed by atoms with van der Waals surface area (Å²) in [5, 5.41) is 1.19. The highest BCUT2D eigenvalue weighted by Gasteiger charge is 2.15. The highest BCUT2D eigenvalue weighted by Crippen LogP contribution is 2.24. The molecule has 0 aliphatic rings. The van der Waals surface area contributed by atoms with Crippen LogP contribution in [0.2, 0.25) is 0 Å². The van der Waals surface area contributed by atoms with Crippen LogP contribution < -0.4 is 5.73 Å². The highest BCUT2D eigenvalue weighted by atomic mass is 15.1. The van der Waals surface area contributed by atoms with Crippen LogP contribution in [-0.4, -0.2) is 21.1 Å². The molecule has 18 heavy (non-hydrogen) atoms. The molecule has 0 saturated heterocycles. The second-order valence-electron chi connectivity index (χ2n) is 5.00. The zero-order valence-electron chi connectivity index (χ0n) is 11.7. The van der Waals surface area contributed by atoms with Gasteiger partial charge in [-0.2, -0.15) is 0 Å². The van der Waals surface area contributed by atoms with Crippen molar-refractivity contribution < 1.29 is 0 Å². The molecule has 0 atom stereocenters. The predicted molar refractivity (Wildman–Crippen MR) is 74.8 cm³/mol. The Balaban J connectivity index is 2.71. The zero-order chi connectivity index (χ0) is 13.3. The van der Waals surface area contributed by atoms with E-state index in [4.69, 9.17) is 10.7 Å². The van der Waals surface area contributed by atoms with Gasteiger partial charge in [0.2, 0.25) is 0 Å². The number of hydrogen-bond acceptors (Lipinski definition) is 3. The molecule has 98 valence electrons. The number of fused-ring (bicyclic) bond motifs is 1. The SMILES string of the molecule is CCn1cc(CCN)c2c(C)nc(C(C)C)nc21. The van der Waals surface area contributed by atoms with E-state index in [2.05, 4.69) is 43.4 Å². The van der Waals surface area contributed by atoms with Crippen molar-refractivity contribution in [3.63, 3.8) is 0 Å². The van der Waals surface area contributed by atoms with Crippen molar-refractivity contribution in [2.75, 3.05) is 6.54 Å². The lowest BCUT2D eigenvalue weighted by atomic mass is 10.1. The molecule has 0 fully saturated rings. The molecule has 2 heterocycles. The third-order valence-corrected chi connectivity index (χ3v) is 3.26. The molecule has 0 aromatic carbocycles. The van der Waals surface area contributed by atoms with Gasteiger partial charge in [-0.1, -0.05) is 13.8 Å². The number of nitrogens with two attached hydrogens (primary N) is 1. The van der Waals surface area contributed by atoms with Crippen molar-refractivity contribution in [1.82, 2.24) is 14.5 Å². The van der Waals surface area contributed by atoms with Gasteiger partial charge >= 0.3 is 0 Å². The summed E-state index contributed by atoms with van der Waals surface area (Å²) in [7, 11) is 0. The summed E-state index contributed by atoms with van der Waals surface area (Å²) in [6, 6.07) is 0. The molecule has 4 heteroatoms. The first-order valence-electron chi connectivity index (χ1n) is 6.64.